The zero-order valence-electron chi connectivity index (χ0n) is 20.3. The molecule has 2 aromatic rings. The Morgan fingerprint density at radius 1 is 1.23 bits per heavy atom. The number of aliphatic hydroxyl groups excluding tert-OH is 1. The van der Waals surface area contributed by atoms with E-state index in [-0.39, 0.29) is 18.9 Å². The number of rotatable bonds is 9. The first-order valence-corrected chi connectivity index (χ1v) is 12.7. The Kier molecular flexibility index (Phi) is 8.30. The molecule has 1 aromatic carbocycles. The van der Waals surface area contributed by atoms with E-state index in [1.807, 2.05) is 0 Å². The molecule has 35 heavy (non-hydrogen) atoms. The molecule has 2 heterocycles. The Balaban J connectivity index is 1.57. The van der Waals surface area contributed by atoms with Crippen LogP contribution >= 0.6 is 11.6 Å². The average Bonchev–Trinajstić information content (AvgIpc) is 3.03. The number of benzene rings is 1. The summed E-state index contributed by atoms with van der Waals surface area (Å²) < 4.78 is 5.67. The molecular formula is C25H35ClN6O3. The molecule has 190 valence electrons. The van der Waals surface area contributed by atoms with E-state index in [1.54, 1.807) is 13.3 Å². The van der Waals surface area contributed by atoms with Crippen LogP contribution in [0, 0.1) is 0 Å². The number of ether oxygens (including phenoxy) is 1. The summed E-state index contributed by atoms with van der Waals surface area (Å²) >= 11 is 6.45. The number of carbonyl (C=O) groups excluding carboxylic acids is 1. The number of halogens is 1. The second kappa shape index (κ2) is 11.4. The highest BCUT2D eigenvalue weighted by Crippen LogP contribution is 2.37. The zero-order valence-corrected chi connectivity index (χ0v) is 21.0. The minimum absolute atomic E-state index is 0.164. The third kappa shape index (κ3) is 6.34. The molecule has 1 aliphatic heterocycles. The minimum atomic E-state index is -0.443. The first-order valence-electron chi connectivity index (χ1n) is 12.3. The van der Waals surface area contributed by atoms with Gasteiger partial charge in [0.25, 0.3) is 0 Å². The predicted molar refractivity (Wildman–Crippen MR) is 138 cm³/mol. The second-order valence-electron chi connectivity index (χ2n) is 9.51. The van der Waals surface area contributed by atoms with Crippen molar-refractivity contribution in [2.24, 2.45) is 5.73 Å². The monoisotopic (exact) mass is 502 g/mol. The summed E-state index contributed by atoms with van der Waals surface area (Å²) in [5, 5.41) is 16.4. The van der Waals surface area contributed by atoms with E-state index in [4.69, 9.17) is 22.1 Å². The first kappa shape index (κ1) is 25.5. The molecule has 0 atom stereocenters. The number of hydrogen-bond donors (Lipinski definition) is 4. The average molecular weight is 503 g/mol. The summed E-state index contributed by atoms with van der Waals surface area (Å²) in [6, 6.07) is 4.16. The van der Waals surface area contributed by atoms with Gasteiger partial charge in [-0.1, -0.05) is 30.9 Å². The lowest BCUT2D eigenvalue weighted by Crippen LogP contribution is -2.44. The van der Waals surface area contributed by atoms with E-state index < -0.39 is 5.54 Å². The number of fused-ring (bicyclic) bond motifs is 1. The summed E-state index contributed by atoms with van der Waals surface area (Å²) in [5.41, 5.74) is 8.39. The summed E-state index contributed by atoms with van der Waals surface area (Å²) in [5.74, 6) is 1.25. The lowest BCUT2D eigenvalue weighted by molar-refractivity contribution is -0.119. The molecule has 10 heteroatoms. The fourth-order valence-electron chi connectivity index (χ4n) is 5.23. The molecule has 0 bridgehead atoms. The van der Waals surface area contributed by atoms with Gasteiger partial charge in [-0.2, -0.15) is 4.98 Å². The highest BCUT2D eigenvalue weighted by Gasteiger charge is 2.34. The molecule has 0 unspecified atom stereocenters. The topological polar surface area (TPSA) is 126 Å². The number of methoxy groups -OCH3 is 1. The van der Waals surface area contributed by atoms with Crippen LogP contribution in [-0.2, 0) is 17.6 Å². The number of aliphatic hydroxyl groups is 1. The third-order valence-corrected chi connectivity index (χ3v) is 7.31. The maximum absolute atomic E-state index is 11.8. The SMILES string of the molecule is COc1cc2c(cc1Nc1ncc(Cl)c(NC3(CC(N)=O)CCCCC3)n1)CCN(CCO)CC2. The molecule has 1 amide bonds. The Morgan fingerprint density at radius 3 is 2.60 bits per heavy atom. The predicted octanol–water partition coefficient (Wildman–Crippen LogP) is 3.27. The van der Waals surface area contributed by atoms with Gasteiger partial charge in [-0.3, -0.25) is 4.79 Å². The van der Waals surface area contributed by atoms with Gasteiger partial charge in [0, 0.05) is 31.6 Å². The molecule has 1 fully saturated rings. The Bertz CT molecular complexity index is 1040. The van der Waals surface area contributed by atoms with Gasteiger partial charge in [0.15, 0.2) is 5.82 Å². The van der Waals surface area contributed by atoms with Crippen LogP contribution in [0.25, 0.3) is 0 Å². The van der Waals surface area contributed by atoms with Crippen molar-refractivity contribution in [1.82, 2.24) is 14.9 Å². The van der Waals surface area contributed by atoms with E-state index >= 15 is 0 Å². The van der Waals surface area contributed by atoms with Gasteiger partial charge in [0.05, 0.1) is 25.6 Å². The van der Waals surface area contributed by atoms with Crippen molar-refractivity contribution >= 4 is 35.0 Å². The summed E-state index contributed by atoms with van der Waals surface area (Å²) in [6.07, 6.45) is 8.45. The molecule has 4 rings (SSSR count). The van der Waals surface area contributed by atoms with Gasteiger partial charge in [0.2, 0.25) is 11.9 Å². The normalized spacial score (nSPS) is 17.8. The molecule has 1 aliphatic carbocycles. The number of anilines is 3. The molecule has 0 spiro atoms. The summed E-state index contributed by atoms with van der Waals surface area (Å²) in [4.78, 5) is 23.1. The number of nitrogens with zero attached hydrogens (tertiary/aromatic N) is 3. The van der Waals surface area contributed by atoms with Gasteiger partial charge in [-0.25, -0.2) is 4.98 Å². The molecule has 9 nitrogen and oxygen atoms in total. The van der Waals surface area contributed by atoms with E-state index in [0.29, 0.717) is 29.1 Å². The second-order valence-corrected chi connectivity index (χ2v) is 9.92. The van der Waals surface area contributed by atoms with Gasteiger partial charge in [0.1, 0.15) is 10.8 Å². The molecule has 5 N–H and O–H groups in total. The van der Waals surface area contributed by atoms with Crippen LogP contribution in [0.5, 0.6) is 5.75 Å². The van der Waals surface area contributed by atoms with Gasteiger partial charge in [-0.15, -0.1) is 0 Å². The van der Waals surface area contributed by atoms with E-state index in [0.717, 1.165) is 63.7 Å². The quantitative estimate of drug-likeness (QED) is 0.411. The van der Waals surface area contributed by atoms with Crippen LogP contribution in [-0.4, -0.2) is 64.8 Å². The summed E-state index contributed by atoms with van der Waals surface area (Å²) in [7, 11) is 1.65. The van der Waals surface area contributed by atoms with Crippen LogP contribution in [0.4, 0.5) is 17.5 Å². The van der Waals surface area contributed by atoms with Crippen molar-refractivity contribution in [2.45, 2.75) is 56.9 Å². The number of hydrogen-bond acceptors (Lipinski definition) is 8. The smallest absolute Gasteiger partial charge is 0.229 e. The number of primary amides is 1. The zero-order chi connectivity index (χ0) is 24.8. The van der Waals surface area contributed by atoms with Crippen molar-refractivity contribution < 1.29 is 14.6 Å². The van der Waals surface area contributed by atoms with Crippen molar-refractivity contribution in [3.63, 3.8) is 0 Å². The maximum Gasteiger partial charge on any atom is 0.229 e. The van der Waals surface area contributed by atoms with Crippen molar-refractivity contribution in [2.75, 3.05) is 44.0 Å². The number of amides is 1. The van der Waals surface area contributed by atoms with Crippen molar-refractivity contribution in [1.29, 1.82) is 0 Å². The molecule has 1 aromatic heterocycles. The minimum Gasteiger partial charge on any atom is -0.495 e. The number of aromatic nitrogens is 2. The molecule has 0 radical (unpaired) electrons. The highest BCUT2D eigenvalue weighted by atomic mass is 35.5. The molecule has 1 saturated carbocycles. The number of nitrogens with two attached hydrogens (primary N) is 1. The molecular weight excluding hydrogens is 468 g/mol. The third-order valence-electron chi connectivity index (χ3n) is 7.03. The van der Waals surface area contributed by atoms with Crippen molar-refractivity contribution in [3.05, 3.63) is 34.5 Å². The van der Waals surface area contributed by atoms with Crippen LogP contribution < -0.4 is 21.1 Å². The lowest BCUT2D eigenvalue weighted by atomic mass is 9.79. The fraction of sp³-hybridized carbons (Fsp3) is 0.560. The Morgan fingerprint density at radius 2 is 1.94 bits per heavy atom. The molecule has 2 aliphatic rings. The summed E-state index contributed by atoms with van der Waals surface area (Å²) in [6.45, 7) is 2.65. The Labute approximate surface area is 211 Å². The number of carbonyl (C=O) groups is 1. The van der Waals surface area contributed by atoms with E-state index in [1.165, 1.54) is 11.1 Å². The van der Waals surface area contributed by atoms with Crippen LogP contribution in [0.2, 0.25) is 5.02 Å². The molecule has 0 saturated heterocycles. The van der Waals surface area contributed by atoms with Gasteiger partial charge < -0.3 is 31.1 Å². The largest absolute Gasteiger partial charge is 0.495 e. The number of β-amino-alcohol motifs (C(OH)–C–C–N with tert-alkyl or cyclic N) is 1. The maximum atomic E-state index is 11.8. The Hall–Kier alpha value is -2.62. The standard InChI is InChI=1S/C25H35ClN6O3/c1-35-21-14-18-6-10-32(11-12-33)9-5-17(18)13-20(21)29-24-28-16-19(26)23(30-24)31-25(15-22(27)34)7-3-2-4-8-25/h13-14,16,33H,2-12,15H2,1H3,(H2,27,34)(H2,28,29,30,31). The van der Waals surface area contributed by atoms with Crippen molar-refractivity contribution in [3.8, 4) is 5.75 Å². The number of nitrogens with one attached hydrogen (secondary N) is 2. The van der Waals surface area contributed by atoms with Crippen LogP contribution in [0.3, 0.4) is 0 Å². The van der Waals surface area contributed by atoms with Crippen LogP contribution in [0.1, 0.15) is 49.7 Å². The van der Waals surface area contributed by atoms with Gasteiger partial charge >= 0.3 is 0 Å². The fourth-order valence-corrected chi connectivity index (χ4v) is 5.37. The van der Waals surface area contributed by atoms with E-state index in [2.05, 4.69) is 37.6 Å². The first-order chi connectivity index (χ1) is 16.9. The van der Waals surface area contributed by atoms with Gasteiger partial charge in [-0.05, 0) is 48.9 Å². The lowest BCUT2D eigenvalue weighted by Gasteiger charge is -2.38. The highest BCUT2D eigenvalue weighted by molar-refractivity contribution is 6.32. The van der Waals surface area contributed by atoms with E-state index in [9.17, 15) is 9.90 Å². The van der Waals surface area contributed by atoms with Crippen LogP contribution in [0.15, 0.2) is 18.3 Å².